The van der Waals surface area contributed by atoms with Gasteiger partial charge in [0, 0.05) is 18.2 Å². The molecule has 1 aromatic rings. The Bertz CT molecular complexity index is 400. The summed E-state index contributed by atoms with van der Waals surface area (Å²) in [7, 11) is 0. The average molecular weight is 268 g/mol. The predicted octanol–water partition coefficient (Wildman–Crippen LogP) is 3.84. The number of aromatic nitrogens is 2. The van der Waals surface area contributed by atoms with Gasteiger partial charge in [-0.25, -0.2) is 9.97 Å². The minimum absolute atomic E-state index is 0.576. The van der Waals surface area contributed by atoms with Crippen molar-refractivity contribution >= 4 is 17.4 Å². The largest absolute Gasteiger partial charge is 0.353 e. The summed E-state index contributed by atoms with van der Waals surface area (Å²) in [5.74, 6) is 1.65. The van der Waals surface area contributed by atoms with Crippen LogP contribution in [0.5, 0.6) is 0 Å². The van der Waals surface area contributed by atoms with Crippen LogP contribution < -0.4 is 4.90 Å². The molecule has 3 nitrogen and oxygen atoms in total. The van der Waals surface area contributed by atoms with Crippen molar-refractivity contribution in [2.75, 3.05) is 11.4 Å². The van der Waals surface area contributed by atoms with E-state index < -0.39 is 0 Å². The second-order valence-corrected chi connectivity index (χ2v) is 5.96. The van der Waals surface area contributed by atoms with Gasteiger partial charge in [-0.3, -0.25) is 0 Å². The summed E-state index contributed by atoms with van der Waals surface area (Å²) < 4.78 is 0. The number of anilines is 1. The maximum Gasteiger partial charge on any atom is 0.137 e. The van der Waals surface area contributed by atoms with Crippen LogP contribution in [0, 0.1) is 12.8 Å². The molecule has 4 heteroatoms. The molecule has 18 heavy (non-hydrogen) atoms. The van der Waals surface area contributed by atoms with E-state index in [1.165, 1.54) is 25.7 Å². The lowest BCUT2D eigenvalue weighted by Gasteiger charge is -2.32. The van der Waals surface area contributed by atoms with Crippen molar-refractivity contribution in [2.45, 2.75) is 52.5 Å². The molecule has 0 N–H and O–H groups in total. The van der Waals surface area contributed by atoms with E-state index in [0.29, 0.717) is 17.1 Å². The molecule has 0 aromatic carbocycles. The van der Waals surface area contributed by atoms with Gasteiger partial charge in [-0.05, 0) is 25.7 Å². The first-order valence-corrected chi connectivity index (χ1v) is 7.21. The van der Waals surface area contributed by atoms with Crippen LogP contribution in [-0.4, -0.2) is 22.6 Å². The Morgan fingerprint density at radius 2 is 2.00 bits per heavy atom. The Kier molecular flexibility index (Phi) is 4.44. The summed E-state index contributed by atoms with van der Waals surface area (Å²) in [4.78, 5) is 11.0. The first-order valence-electron chi connectivity index (χ1n) is 6.83. The second kappa shape index (κ2) is 5.87. The first-order chi connectivity index (χ1) is 8.59. The van der Waals surface area contributed by atoms with Crippen LogP contribution in [-0.2, 0) is 0 Å². The minimum Gasteiger partial charge on any atom is -0.353 e. The SMILES string of the molecule is Cc1c(Cl)ncnc1N(CC(C)C)C1CCCC1. The molecule has 1 fully saturated rings. The summed E-state index contributed by atoms with van der Waals surface area (Å²) in [5.41, 5.74) is 1.01. The zero-order valence-electron chi connectivity index (χ0n) is 11.5. The monoisotopic (exact) mass is 267 g/mol. The van der Waals surface area contributed by atoms with Crippen LogP contribution in [0.2, 0.25) is 5.15 Å². The van der Waals surface area contributed by atoms with Gasteiger partial charge in [0.25, 0.3) is 0 Å². The van der Waals surface area contributed by atoms with E-state index in [2.05, 4.69) is 28.7 Å². The van der Waals surface area contributed by atoms with Gasteiger partial charge in [0.15, 0.2) is 0 Å². The topological polar surface area (TPSA) is 29.0 Å². The molecule has 0 saturated heterocycles. The van der Waals surface area contributed by atoms with E-state index in [9.17, 15) is 0 Å². The third-order valence-corrected chi connectivity index (χ3v) is 3.98. The van der Waals surface area contributed by atoms with Gasteiger partial charge in [-0.15, -0.1) is 0 Å². The molecular weight excluding hydrogens is 246 g/mol. The van der Waals surface area contributed by atoms with E-state index >= 15 is 0 Å². The highest BCUT2D eigenvalue weighted by Crippen LogP contribution is 2.31. The smallest absolute Gasteiger partial charge is 0.137 e. The van der Waals surface area contributed by atoms with Crippen molar-refractivity contribution in [1.29, 1.82) is 0 Å². The van der Waals surface area contributed by atoms with Crippen LogP contribution in [0.1, 0.15) is 45.1 Å². The van der Waals surface area contributed by atoms with Crippen molar-refractivity contribution in [3.8, 4) is 0 Å². The molecular formula is C14H22ClN3. The highest BCUT2D eigenvalue weighted by Gasteiger charge is 2.26. The minimum atomic E-state index is 0.576. The molecule has 0 amide bonds. The fraction of sp³-hybridized carbons (Fsp3) is 0.714. The molecule has 1 aliphatic rings. The first kappa shape index (κ1) is 13.6. The Labute approximate surface area is 115 Å². The van der Waals surface area contributed by atoms with Crippen molar-refractivity contribution in [3.05, 3.63) is 17.0 Å². The fourth-order valence-electron chi connectivity index (χ4n) is 2.73. The summed E-state index contributed by atoms with van der Waals surface area (Å²) in [6.45, 7) is 7.55. The van der Waals surface area contributed by atoms with Gasteiger partial charge in [0.1, 0.15) is 17.3 Å². The Morgan fingerprint density at radius 1 is 1.33 bits per heavy atom. The molecule has 1 heterocycles. The number of rotatable bonds is 4. The molecule has 1 aliphatic carbocycles. The van der Waals surface area contributed by atoms with Gasteiger partial charge in [0.2, 0.25) is 0 Å². The van der Waals surface area contributed by atoms with Gasteiger partial charge < -0.3 is 4.90 Å². The molecule has 1 aromatic heterocycles. The van der Waals surface area contributed by atoms with Crippen molar-refractivity contribution in [3.63, 3.8) is 0 Å². The van der Waals surface area contributed by atoms with Crippen LogP contribution in [0.3, 0.4) is 0 Å². The van der Waals surface area contributed by atoms with Crippen molar-refractivity contribution < 1.29 is 0 Å². The maximum absolute atomic E-state index is 6.12. The van der Waals surface area contributed by atoms with Crippen molar-refractivity contribution in [2.24, 2.45) is 5.92 Å². The molecule has 0 aliphatic heterocycles. The van der Waals surface area contributed by atoms with E-state index in [1.54, 1.807) is 6.33 Å². The van der Waals surface area contributed by atoms with Crippen LogP contribution >= 0.6 is 11.6 Å². The molecule has 2 rings (SSSR count). The zero-order valence-corrected chi connectivity index (χ0v) is 12.2. The van der Waals surface area contributed by atoms with Gasteiger partial charge in [0.05, 0.1) is 0 Å². The van der Waals surface area contributed by atoms with Gasteiger partial charge in [-0.2, -0.15) is 0 Å². The highest BCUT2D eigenvalue weighted by atomic mass is 35.5. The van der Waals surface area contributed by atoms with Crippen LogP contribution in [0.25, 0.3) is 0 Å². The van der Waals surface area contributed by atoms with E-state index in [0.717, 1.165) is 17.9 Å². The number of halogens is 1. The maximum atomic E-state index is 6.12. The molecule has 0 radical (unpaired) electrons. The zero-order chi connectivity index (χ0) is 13.1. The predicted molar refractivity (Wildman–Crippen MR) is 76.2 cm³/mol. The highest BCUT2D eigenvalue weighted by molar-refractivity contribution is 6.30. The lowest BCUT2D eigenvalue weighted by molar-refractivity contribution is 0.530. The lowest BCUT2D eigenvalue weighted by atomic mass is 10.1. The Hall–Kier alpha value is -0.830. The summed E-state index contributed by atoms with van der Waals surface area (Å²) in [6, 6.07) is 0.622. The molecule has 0 spiro atoms. The summed E-state index contributed by atoms with van der Waals surface area (Å²) in [5, 5.41) is 0.576. The Balaban J connectivity index is 2.29. The third-order valence-electron chi connectivity index (χ3n) is 3.60. The van der Waals surface area contributed by atoms with Crippen LogP contribution in [0.15, 0.2) is 6.33 Å². The molecule has 100 valence electrons. The van der Waals surface area contributed by atoms with Gasteiger partial charge in [-0.1, -0.05) is 38.3 Å². The van der Waals surface area contributed by atoms with E-state index in [-0.39, 0.29) is 0 Å². The summed E-state index contributed by atoms with van der Waals surface area (Å²) >= 11 is 6.12. The molecule has 0 bridgehead atoms. The number of nitrogens with zero attached hydrogens (tertiary/aromatic N) is 3. The van der Waals surface area contributed by atoms with Crippen LogP contribution in [0.4, 0.5) is 5.82 Å². The molecule has 0 unspecified atom stereocenters. The number of hydrogen-bond acceptors (Lipinski definition) is 3. The second-order valence-electron chi connectivity index (χ2n) is 5.60. The third kappa shape index (κ3) is 2.94. The van der Waals surface area contributed by atoms with E-state index in [4.69, 9.17) is 11.6 Å². The standard InChI is InChI=1S/C14H22ClN3/c1-10(2)8-18(12-6-4-5-7-12)14-11(3)13(15)16-9-17-14/h9-10,12H,4-8H2,1-3H3. The quantitative estimate of drug-likeness (QED) is 0.776. The summed E-state index contributed by atoms with van der Waals surface area (Å²) in [6.07, 6.45) is 6.78. The van der Waals surface area contributed by atoms with Gasteiger partial charge >= 0.3 is 0 Å². The number of hydrogen-bond donors (Lipinski definition) is 0. The molecule has 1 saturated carbocycles. The molecule has 0 atom stereocenters. The average Bonchev–Trinajstić information content (AvgIpc) is 2.83. The van der Waals surface area contributed by atoms with E-state index in [1.807, 2.05) is 6.92 Å². The Morgan fingerprint density at radius 3 is 2.61 bits per heavy atom. The fourth-order valence-corrected chi connectivity index (χ4v) is 2.86. The lowest BCUT2D eigenvalue weighted by Crippen LogP contribution is -2.37. The normalized spacial score (nSPS) is 16.5. The van der Waals surface area contributed by atoms with Crippen molar-refractivity contribution in [1.82, 2.24) is 9.97 Å².